The van der Waals surface area contributed by atoms with Gasteiger partial charge in [-0.05, 0) is 27.7 Å². The number of hydrogen-bond acceptors (Lipinski definition) is 4. The van der Waals surface area contributed by atoms with Crippen LogP contribution in [0.5, 0.6) is 0 Å². The van der Waals surface area contributed by atoms with E-state index >= 15 is 0 Å². The number of thioether (sulfide) groups is 1. The second kappa shape index (κ2) is 6.83. The predicted octanol–water partition coefficient (Wildman–Crippen LogP) is 0.457. The fourth-order valence-electron chi connectivity index (χ4n) is 1.88. The van der Waals surface area contributed by atoms with Crippen molar-refractivity contribution < 1.29 is 19.5 Å². The number of aliphatic carboxylic acids is 1. The van der Waals surface area contributed by atoms with Crippen LogP contribution in [0.25, 0.3) is 0 Å². The Bertz CT molecular complexity index is 402. The molecule has 1 rings (SSSR count). The predicted molar refractivity (Wildman–Crippen MR) is 76.5 cm³/mol. The largest absolute Gasteiger partial charge is 0.480 e. The molecule has 3 amide bonds. The van der Waals surface area contributed by atoms with Crippen LogP contribution in [-0.2, 0) is 9.59 Å². The summed E-state index contributed by atoms with van der Waals surface area (Å²) < 4.78 is 0. The topological polar surface area (TPSA) is 98.7 Å². The third kappa shape index (κ3) is 4.03. The first-order chi connectivity index (χ1) is 9.23. The number of carboxylic acid groups (broad SMARTS) is 1. The first kappa shape index (κ1) is 16.6. The van der Waals surface area contributed by atoms with Crippen molar-refractivity contribution in [2.24, 2.45) is 0 Å². The Hall–Kier alpha value is -1.44. The Labute approximate surface area is 122 Å². The van der Waals surface area contributed by atoms with Crippen molar-refractivity contribution in [2.45, 2.75) is 51.2 Å². The maximum atomic E-state index is 12.1. The van der Waals surface area contributed by atoms with Gasteiger partial charge in [-0.25, -0.2) is 9.59 Å². The van der Waals surface area contributed by atoms with Crippen LogP contribution in [0, 0.1) is 0 Å². The lowest BCUT2D eigenvalue weighted by molar-refractivity contribution is -0.141. The second-order valence-electron chi connectivity index (χ2n) is 5.03. The Balaban J connectivity index is 2.65. The molecule has 3 unspecified atom stereocenters. The van der Waals surface area contributed by atoms with Crippen molar-refractivity contribution >= 4 is 29.7 Å². The zero-order valence-electron chi connectivity index (χ0n) is 12.0. The molecule has 1 heterocycles. The van der Waals surface area contributed by atoms with E-state index in [9.17, 15) is 14.4 Å². The molecular formula is C12H21N3O4S. The highest BCUT2D eigenvalue weighted by molar-refractivity contribution is 8.00. The summed E-state index contributed by atoms with van der Waals surface area (Å²) in [5.74, 6) is -0.966. The van der Waals surface area contributed by atoms with Crippen LogP contribution in [0.1, 0.15) is 27.7 Å². The van der Waals surface area contributed by atoms with Crippen LogP contribution < -0.4 is 10.6 Å². The molecule has 114 valence electrons. The van der Waals surface area contributed by atoms with E-state index in [0.29, 0.717) is 5.75 Å². The van der Waals surface area contributed by atoms with E-state index in [1.54, 1.807) is 13.8 Å². The quantitative estimate of drug-likeness (QED) is 0.700. The number of rotatable bonds is 4. The van der Waals surface area contributed by atoms with Gasteiger partial charge in [0.05, 0.1) is 5.37 Å². The first-order valence-electron chi connectivity index (χ1n) is 6.47. The summed E-state index contributed by atoms with van der Waals surface area (Å²) in [6, 6.07) is -2.11. The number of amides is 3. The van der Waals surface area contributed by atoms with E-state index in [0.717, 1.165) is 0 Å². The molecule has 0 aromatic carbocycles. The Morgan fingerprint density at radius 1 is 1.25 bits per heavy atom. The highest BCUT2D eigenvalue weighted by Crippen LogP contribution is 2.28. The lowest BCUT2D eigenvalue weighted by Gasteiger charge is -2.27. The van der Waals surface area contributed by atoms with Gasteiger partial charge in [-0.3, -0.25) is 9.69 Å². The normalized spacial score (nSPS) is 23.6. The summed E-state index contributed by atoms with van der Waals surface area (Å²) in [6.45, 7) is 6.99. The van der Waals surface area contributed by atoms with Gasteiger partial charge in [-0.15, -0.1) is 11.8 Å². The van der Waals surface area contributed by atoms with Gasteiger partial charge in [0.1, 0.15) is 12.1 Å². The van der Waals surface area contributed by atoms with E-state index < -0.39 is 24.1 Å². The number of urea groups is 1. The number of hydrogen-bond donors (Lipinski definition) is 3. The molecule has 0 aliphatic carbocycles. The molecule has 7 nitrogen and oxygen atoms in total. The minimum absolute atomic E-state index is 0.0186. The van der Waals surface area contributed by atoms with Crippen LogP contribution in [-0.4, -0.2) is 57.2 Å². The molecule has 1 aliphatic heterocycles. The number of carbonyl (C=O) groups excluding carboxylic acids is 2. The molecule has 3 atom stereocenters. The highest BCUT2D eigenvalue weighted by atomic mass is 32.2. The van der Waals surface area contributed by atoms with Crippen molar-refractivity contribution in [3.63, 3.8) is 0 Å². The zero-order valence-corrected chi connectivity index (χ0v) is 12.9. The van der Waals surface area contributed by atoms with Crippen LogP contribution in [0.4, 0.5) is 4.79 Å². The standard InChI is InChI=1S/C12H21N3O4S/c1-6(2)13-10(16)7(3)14-12(19)15-8(4)20-5-9(15)11(17)18/h6-9H,5H2,1-4H3,(H,13,16)(H,14,19)(H,17,18). The fourth-order valence-corrected chi connectivity index (χ4v) is 3.04. The van der Waals surface area contributed by atoms with Gasteiger partial charge in [0.25, 0.3) is 0 Å². The minimum atomic E-state index is -1.03. The molecular weight excluding hydrogens is 282 g/mol. The number of nitrogens with zero attached hydrogens (tertiary/aromatic N) is 1. The molecule has 0 bridgehead atoms. The SMILES string of the molecule is CC(C)NC(=O)C(C)NC(=O)N1C(C)SCC1C(=O)O. The van der Waals surface area contributed by atoms with Crippen LogP contribution >= 0.6 is 11.8 Å². The minimum Gasteiger partial charge on any atom is -0.480 e. The lowest BCUT2D eigenvalue weighted by Crippen LogP contribution is -2.54. The van der Waals surface area contributed by atoms with Gasteiger partial charge in [0.15, 0.2) is 0 Å². The highest BCUT2D eigenvalue weighted by Gasteiger charge is 2.40. The summed E-state index contributed by atoms with van der Waals surface area (Å²) >= 11 is 1.40. The summed E-state index contributed by atoms with van der Waals surface area (Å²) in [7, 11) is 0. The van der Waals surface area contributed by atoms with E-state index in [2.05, 4.69) is 10.6 Å². The summed E-state index contributed by atoms with van der Waals surface area (Å²) in [6.07, 6.45) is 0. The number of carbonyl (C=O) groups is 3. The van der Waals surface area contributed by atoms with Gasteiger partial charge in [0, 0.05) is 11.8 Å². The van der Waals surface area contributed by atoms with Crippen LogP contribution in [0.2, 0.25) is 0 Å². The molecule has 1 aliphatic rings. The van der Waals surface area contributed by atoms with Gasteiger partial charge in [-0.1, -0.05) is 0 Å². The summed E-state index contributed by atoms with van der Waals surface area (Å²) in [4.78, 5) is 36.2. The van der Waals surface area contributed by atoms with Crippen molar-refractivity contribution in [3.8, 4) is 0 Å². The molecule has 0 saturated carbocycles. The van der Waals surface area contributed by atoms with Gasteiger partial charge in [0.2, 0.25) is 5.91 Å². The number of nitrogens with one attached hydrogen (secondary N) is 2. The van der Waals surface area contributed by atoms with Crippen molar-refractivity contribution in [1.82, 2.24) is 15.5 Å². The van der Waals surface area contributed by atoms with E-state index in [1.165, 1.54) is 16.7 Å². The van der Waals surface area contributed by atoms with Gasteiger partial charge < -0.3 is 15.7 Å². The fraction of sp³-hybridized carbons (Fsp3) is 0.750. The molecule has 0 radical (unpaired) electrons. The Morgan fingerprint density at radius 3 is 2.35 bits per heavy atom. The van der Waals surface area contributed by atoms with E-state index in [4.69, 9.17) is 5.11 Å². The second-order valence-corrected chi connectivity index (χ2v) is 6.38. The smallest absolute Gasteiger partial charge is 0.327 e. The molecule has 0 aromatic heterocycles. The molecule has 3 N–H and O–H groups in total. The number of carboxylic acids is 1. The average Bonchev–Trinajstić information content (AvgIpc) is 2.70. The van der Waals surface area contributed by atoms with Crippen molar-refractivity contribution in [3.05, 3.63) is 0 Å². The third-order valence-corrected chi connectivity index (χ3v) is 4.12. The Kier molecular flexibility index (Phi) is 5.67. The summed E-state index contributed by atoms with van der Waals surface area (Å²) in [5.41, 5.74) is 0. The lowest BCUT2D eigenvalue weighted by atomic mass is 10.2. The average molecular weight is 303 g/mol. The third-order valence-electron chi connectivity index (χ3n) is 2.91. The maximum absolute atomic E-state index is 12.1. The van der Waals surface area contributed by atoms with E-state index in [1.807, 2.05) is 13.8 Å². The molecule has 0 spiro atoms. The monoisotopic (exact) mass is 303 g/mol. The molecule has 1 saturated heterocycles. The van der Waals surface area contributed by atoms with Crippen LogP contribution in [0.3, 0.4) is 0 Å². The first-order valence-corrected chi connectivity index (χ1v) is 7.52. The molecule has 20 heavy (non-hydrogen) atoms. The van der Waals surface area contributed by atoms with Crippen molar-refractivity contribution in [1.29, 1.82) is 0 Å². The zero-order chi connectivity index (χ0) is 15.4. The maximum Gasteiger partial charge on any atom is 0.327 e. The molecule has 1 fully saturated rings. The summed E-state index contributed by atoms with van der Waals surface area (Å²) in [5, 5.41) is 14.1. The molecule has 0 aromatic rings. The molecule has 8 heteroatoms. The van der Waals surface area contributed by atoms with Gasteiger partial charge >= 0.3 is 12.0 Å². The van der Waals surface area contributed by atoms with Gasteiger partial charge in [-0.2, -0.15) is 0 Å². The van der Waals surface area contributed by atoms with Crippen molar-refractivity contribution in [2.75, 3.05) is 5.75 Å². The van der Waals surface area contributed by atoms with E-state index in [-0.39, 0.29) is 17.3 Å². The Morgan fingerprint density at radius 2 is 1.85 bits per heavy atom. The van der Waals surface area contributed by atoms with Crippen LogP contribution in [0.15, 0.2) is 0 Å².